The highest BCUT2D eigenvalue weighted by molar-refractivity contribution is 6.50. The van der Waals surface area contributed by atoms with Gasteiger partial charge in [-0.25, -0.2) is 4.39 Å². The van der Waals surface area contributed by atoms with Crippen LogP contribution in [0.2, 0.25) is 0 Å². The number of nitrogens with one attached hydrogen (secondary N) is 2. The minimum Gasteiger partial charge on any atom is -0.361 e. The summed E-state index contributed by atoms with van der Waals surface area (Å²) >= 11 is 0. The summed E-state index contributed by atoms with van der Waals surface area (Å²) in [5.74, 6) is -1.33. The average molecular weight is 359 g/mol. The smallest absolute Gasteiger partial charge is 0.259 e. The van der Waals surface area contributed by atoms with E-state index in [1.54, 1.807) is 12.3 Å². The van der Waals surface area contributed by atoms with Crippen LogP contribution in [0.4, 0.5) is 4.39 Å². The molecule has 5 nitrogen and oxygen atoms in total. The molecule has 6 heteroatoms. The molecule has 0 radical (unpaired) electrons. The fourth-order valence-electron chi connectivity index (χ4n) is 3.83. The van der Waals surface area contributed by atoms with Crippen molar-refractivity contribution in [1.82, 2.24) is 14.9 Å². The molecule has 1 aliphatic rings. The Kier molecular flexibility index (Phi) is 3.12. The largest absolute Gasteiger partial charge is 0.361 e. The maximum absolute atomic E-state index is 13.8. The number of hydrogen-bond donors (Lipinski definition) is 2. The monoisotopic (exact) mass is 359 g/mol. The Bertz CT molecular complexity index is 1310. The van der Waals surface area contributed by atoms with Gasteiger partial charge in [-0.1, -0.05) is 18.2 Å². The maximum atomic E-state index is 13.8. The van der Waals surface area contributed by atoms with E-state index >= 15 is 0 Å². The van der Waals surface area contributed by atoms with E-state index in [1.165, 1.54) is 12.1 Å². The highest BCUT2D eigenvalue weighted by Crippen LogP contribution is 2.37. The second-order valence-corrected chi connectivity index (χ2v) is 6.60. The number of hydrogen-bond acceptors (Lipinski definition) is 2. The van der Waals surface area contributed by atoms with Gasteiger partial charge in [-0.05, 0) is 24.3 Å². The van der Waals surface area contributed by atoms with Crippen LogP contribution in [0.25, 0.3) is 33.0 Å². The molecule has 0 spiro atoms. The molecular weight excluding hydrogens is 345 g/mol. The number of carbonyl (C=O) groups is 2. The summed E-state index contributed by atoms with van der Waals surface area (Å²) in [5.41, 5.74) is 3.30. The molecule has 0 unspecified atom stereocenters. The minimum absolute atomic E-state index is 0.255. The lowest BCUT2D eigenvalue weighted by molar-refractivity contribution is -0.122. The second-order valence-electron chi connectivity index (χ2n) is 6.60. The molecule has 0 fully saturated rings. The van der Waals surface area contributed by atoms with E-state index in [-0.39, 0.29) is 5.57 Å². The molecule has 27 heavy (non-hydrogen) atoms. The van der Waals surface area contributed by atoms with Crippen LogP contribution < -0.4 is 5.32 Å². The van der Waals surface area contributed by atoms with Crippen molar-refractivity contribution in [3.63, 3.8) is 0 Å². The number of H-pyrrole nitrogens is 1. The van der Waals surface area contributed by atoms with Crippen LogP contribution in [0.5, 0.6) is 0 Å². The van der Waals surface area contributed by atoms with Crippen molar-refractivity contribution < 1.29 is 14.0 Å². The van der Waals surface area contributed by atoms with Crippen molar-refractivity contribution >= 4 is 44.8 Å². The topological polar surface area (TPSA) is 66.9 Å². The van der Waals surface area contributed by atoms with Gasteiger partial charge in [0.15, 0.2) is 0 Å². The number of aryl methyl sites for hydroxylation is 1. The summed E-state index contributed by atoms with van der Waals surface area (Å²) in [6.45, 7) is 0. The third kappa shape index (κ3) is 2.16. The fourth-order valence-corrected chi connectivity index (χ4v) is 3.83. The van der Waals surface area contributed by atoms with E-state index in [1.807, 2.05) is 42.1 Å². The summed E-state index contributed by atoms with van der Waals surface area (Å²) < 4.78 is 15.7. The average Bonchev–Trinajstić information content (AvgIpc) is 3.30. The highest BCUT2D eigenvalue weighted by Gasteiger charge is 2.34. The van der Waals surface area contributed by atoms with Crippen LogP contribution >= 0.6 is 0 Å². The van der Waals surface area contributed by atoms with E-state index in [4.69, 9.17) is 0 Å². The lowest BCUT2D eigenvalue weighted by atomic mass is 9.94. The van der Waals surface area contributed by atoms with Crippen molar-refractivity contribution in [2.75, 3.05) is 0 Å². The van der Waals surface area contributed by atoms with Crippen LogP contribution in [-0.2, 0) is 16.6 Å². The van der Waals surface area contributed by atoms with Gasteiger partial charge in [0, 0.05) is 46.9 Å². The standard InChI is InChI=1S/C21H14FN3O2/c1-25-8-7-11-3-2-4-13(19(11)25)17-18(21(27)24-20(17)26)15-10-23-16-6-5-12(22)9-14(15)16/h2-10,23H,1H3,(H,24,26,27). The Labute approximate surface area is 153 Å². The fraction of sp³-hybridized carbons (Fsp3) is 0.0476. The second kappa shape index (κ2) is 5.41. The van der Waals surface area contributed by atoms with Gasteiger partial charge in [0.05, 0.1) is 16.7 Å². The van der Waals surface area contributed by atoms with Crippen LogP contribution in [-0.4, -0.2) is 21.4 Å². The first-order valence-corrected chi connectivity index (χ1v) is 8.46. The maximum Gasteiger partial charge on any atom is 0.259 e. The molecule has 5 rings (SSSR count). The van der Waals surface area contributed by atoms with Crippen LogP contribution in [0.1, 0.15) is 11.1 Å². The van der Waals surface area contributed by atoms with E-state index < -0.39 is 17.6 Å². The molecule has 0 saturated carbocycles. The predicted molar refractivity (Wildman–Crippen MR) is 101 cm³/mol. The first-order valence-electron chi connectivity index (χ1n) is 8.46. The van der Waals surface area contributed by atoms with Gasteiger partial charge in [0.1, 0.15) is 5.82 Å². The molecule has 132 valence electrons. The van der Waals surface area contributed by atoms with Crippen molar-refractivity contribution in [3.05, 3.63) is 71.8 Å². The van der Waals surface area contributed by atoms with E-state index in [0.29, 0.717) is 27.6 Å². The van der Waals surface area contributed by atoms with Crippen molar-refractivity contribution in [3.8, 4) is 0 Å². The Balaban J connectivity index is 1.88. The van der Waals surface area contributed by atoms with Crippen molar-refractivity contribution in [2.24, 2.45) is 7.05 Å². The number of halogens is 1. The summed E-state index contributed by atoms with van der Waals surface area (Å²) in [4.78, 5) is 28.4. The molecule has 2 amide bonds. The zero-order valence-electron chi connectivity index (χ0n) is 14.3. The number of carbonyl (C=O) groups excluding carboxylic acids is 2. The first-order chi connectivity index (χ1) is 13.0. The summed E-state index contributed by atoms with van der Waals surface area (Å²) in [7, 11) is 1.89. The number of para-hydroxylation sites is 1. The SMILES string of the molecule is Cn1ccc2cccc(C3=C(c4c[nH]c5ccc(F)cc45)C(=O)NC3=O)c21. The van der Waals surface area contributed by atoms with Crippen molar-refractivity contribution in [1.29, 1.82) is 0 Å². The number of rotatable bonds is 2. The Morgan fingerprint density at radius 2 is 1.74 bits per heavy atom. The van der Waals surface area contributed by atoms with Crippen LogP contribution in [0.15, 0.2) is 54.9 Å². The lowest BCUT2D eigenvalue weighted by Crippen LogP contribution is -2.22. The minimum atomic E-state index is -0.480. The zero-order chi connectivity index (χ0) is 18.7. The van der Waals surface area contributed by atoms with E-state index in [0.717, 1.165) is 10.9 Å². The van der Waals surface area contributed by atoms with Gasteiger partial charge in [-0.2, -0.15) is 0 Å². The summed E-state index contributed by atoms with van der Waals surface area (Å²) in [6.07, 6.45) is 3.55. The van der Waals surface area contributed by atoms with Gasteiger partial charge < -0.3 is 9.55 Å². The normalized spacial score (nSPS) is 14.6. The van der Waals surface area contributed by atoms with Crippen molar-refractivity contribution in [2.45, 2.75) is 0 Å². The molecule has 4 aromatic rings. The molecule has 0 atom stereocenters. The third-order valence-corrected chi connectivity index (χ3v) is 5.01. The molecule has 2 aromatic heterocycles. The van der Waals surface area contributed by atoms with Gasteiger partial charge in [-0.3, -0.25) is 14.9 Å². The van der Waals surface area contributed by atoms with Crippen LogP contribution in [0, 0.1) is 5.82 Å². The number of amides is 2. The molecule has 0 aliphatic carbocycles. The third-order valence-electron chi connectivity index (χ3n) is 5.01. The highest BCUT2D eigenvalue weighted by atomic mass is 19.1. The quantitative estimate of drug-likeness (QED) is 0.539. The van der Waals surface area contributed by atoms with E-state index in [9.17, 15) is 14.0 Å². The van der Waals surface area contributed by atoms with Gasteiger partial charge in [0.2, 0.25) is 0 Å². The van der Waals surface area contributed by atoms with Gasteiger partial charge >= 0.3 is 0 Å². The number of imide groups is 1. The molecule has 3 heterocycles. The molecule has 1 aliphatic heterocycles. The summed E-state index contributed by atoms with van der Waals surface area (Å²) in [5, 5.41) is 3.92. The Hall–Kier alpha value is -3.67. The molecular formula is C21H14FN3O2. The number of aromatic nitrogens is 2. The lowest BCUT2D eigenvalue weighted by Gasteiger charge is -2.08. The number of aromatic amines is 1. The van der Waals surface area contributed by atoms with Gasteiger partial charge in [-0.15, -0.1) is 0 Å². The number of nitrogens with zero attached hydrogens (tertiary/aromatic N) is 1. The van der Waals surface area contributed by atoms with Crippen LogP contribution in [0.3, 0.4) is 0 Å². The molecule has 0 bridgehead atoms. The molecule has 2 N–H and O–H groups in total. The Morgan fingerprint density at radius 3 is 2.56 bits per heavy atom. The summed E-state index contributed by atoms with van der Waals surface area (Å²) in [6, 6.07) is 11.9. The Morgan fingerprint density at radius 1 is 0.963 bits per heavy atom. The molecule has 0 saturated heterocycles. The van der Waals surface area contributed by atoms with E-state index in [2.05, 4.69) is 10.3 Å². The first kappa shape index (κ1) is 15.6. The number of benzene rings is 2. The number of fused-ring (bicyclic) bond motifs is 2. The van der Waals surface area contributed by atoms with Gasteiger partial charge in [0.25, 0.3) is 11.8 Å². The zero-order valence-corrected chi connectivity index (χ0v) is 14.3. The molecule has 2 aromatic carbocycles. The predicted octanol–water partition coefficient (Wildman–Crippen LogP) is 3.37.